The van der Waals surface area contributed by atoms with Crippen LogP contribution in [-0.4, -0.2) is 49.0 Å². The first kappa shape index (κ1) is 24.4. The Labute approximate surface area is 169 Å². The molecule has 4 heteroatoms. The lowest BCUT2D eigenvalue weighted by molar-refractivity contribution is -0.126. The van der Waals surface area contributed by atoms with Crippen molar-refractivity contribution in [2.45, 2.75) is 110 Å². The second kappa shape index (κ2) is 17.5. The number of carbonyl (C=O) groups excluding carboxylic acids is 1. The molecule has 1 saturated heterocycles. The van der Waals surface area contributed by atoms with Crippen molar-refractivity contribution in [2.24, 2.45) is 0 Å². The third-order valence-electron chi connectivity index (χ3n) is 5.79. The minimum absolute atomic E-state index is 0.203. The monoisotopic (exact) mass is 381 g/mol. The maximum absolute atomic E-state index is 12.0. The van der Waals surface area contributed by atoms with E-state index in [4.69, 9.17) is 0 Å². The van der Waals surface area contributed by atoms with E-state index in [1.54, 1.807) is 0 Å². The van der Waals surface area contributed by atoms with Gasteiger partial charge in [0.25, 0.3) is 0 Å². The van der Waals surface area contributed by atoms with Gasteiger partial charge in [-0.15, -0.1) is 0 Å². The molecule has 1 amide bonds. The van der Waals surface area contributed by atoms with Crippen LogP contribution in [0.2, 0.25) is 0 Å². The molecule has 27 heavy (non-hydrogen) atoms. The number of piperazine rings is 1. The van der Waals surface area contributed by atoms with Crippen LogP contribution in [0, 0.1) is 0 Å². The van der Waals surface area contributed by atoms with Gasteiger partial charge in [0.1, 0.15) is 0 Å². The Balaban J connectivity index is 1.75. The fraction of sp³-hybridized carbons (Fsp3) is 0.957. The van der Waals surface area contributed by atoms with Crippen LogP contribution in [-0.2, 0) is 4.79 Å². The Bertz CT molecular complexity index is 341. The second-order valence-electron chi connectivity index (χ2n) is 8.53. The maximum atomic E-state index is 12.0. The summed E-state index contributed by atoms with van der Waals surface area (Å²) in [6.07, 6.45) is 21.2. The molecule has 0 saturated carbocycles. The van der Waals surface area contributed by atoms with Gasteiger partial charge < -0.3 is 4.90 Å². The van der Waals surface area contributed by atoms with E-state index in [2.05, 4.69) is 29.3 Å². The molecule has 0 aliphatic carbocycles. The van der Waals surface area contributed by atoms with Crippen molar-refractivity contribution in [3.8, 4) is 0 Å². The summed E-state index contributed by atoms with van der Waals surface area (Å²) in [5.41, 5.74) is 3.06. The minimum Gasteiger partial charge on any atom is -0.304 e. The summed E-state index contributed by atoms with van der Waals surface area (Å²) in [6.45, 7) is 6.26. The molecule has 0 aromatic carbocycles. The summed E-state index contributed by atoms with van der Waals surface area (Å²) in [4.78, 5) is 14.3. The number of hydrazine groups is 1. The fourth-order valence-corrected chi connectivity index (χ4v) is 3.81. The number of nitrogens with zero attached hydrogens (tertiary/aromatic N) is 2. The molecule has 0 atom stereocenters. The predicted octanol–water partition coefficient (Wildman–Crippen LogP) is 5.53. The van der Waals surface area contributed by atoms with Gasteiger partial charge in [-0.25, -0.2) is 5.01 Å². The molecule has 0 aromatic rings. The molecular weight excluding hydrogens is 334 g/mol. The smallest absolute Gasteiger partial charge is 0.234 e. The van der Waals surface area contributed by atoms with Crippen molar-refractivity contribution >= 4 is 5.91 Å². The molecule has 0 bridgehead atoms. The van der Waals surface area contributed by atoms with Gasteiger partial charge in [-0.1, -0.05) is 96.8 Å². The van der Waals surface area contributed by atoms with Gasteiger partial charge in [0.2, 0.25) is 5.91 Å². The first-order valence-electron chi connectivity index (χ1n) is 12.0. The van der Waals surface area contributed by atoms with Gasteiger partial charge in [0.05, 0.1) is 0 Å². The van der Waals surface area contributed by atoms with Crippen molar-refractivity contribution in [1.82, 2.24) is 15.3 Å². The molecule has 160 valence electrons. The van der Waals surface area contributed by atoms with Crippen LogP contribution in [0.5, 0.6) is 0 Å². The van der Waals surface area contributed by atoms with Gasteiger partial charge in [0.15, 0.2) is 0 Å². The number of carbonyl (C=O) groups is 1. The van der Waals surface area contributed by atoms with E-state index in [0.717, 1.165) is 32.6 Å². The highest BCUT2D eigenvalue weighted by atomic mass is 16.2. The summed E-state index contributed by atoms with van der Waals surface area (Å²) in [5, 5.41) is 2.08. The van der Waals surface area contributed by atoms with E-state index >= 15 is 0 Å². The number of hydrogen-bond donors (Lipinski definition) is 1. The van der Waals surface area contributed by atoms with E-state index in [9.17, 15) is 4.79 Å². The normalized spacial score (nSPS) is 15.9. The summed E-state index contributed by atoms with van der Waals surface area (Å²) in [7, 11) is 2.13. The molecule has 0 radical (unpaired) electrons. The summed E-state index contributed by atoms with van der Waals surface area (Å²) >= 11 is 0. The molecule has 1 heterocycles. The van der Waals surface area contributed by atoms with Crippen LogP contribution < -0.4 is 5.43 Å². The van der Waals surface area contributed by atoms with Crippen LogP contribution in [0.15, 0.2) is 0 Å². The Morgan fingerprint density at radius 3 is 1.52 bits per heavy atom. The lowest BCUT2D eigenvalue weighted by Gasteiger charge is -2.32. The topological polar surface area (TPSA) is 35.6 Å². The van der Waals surface area contributed by atoms with Crippen molar-refractivity contribution in [1.29, 1.82) is 0 Å². The lowest BCUT2D eigenvalue weighted by atomic mass is 10.0. The SMILES string of the molecule is CCCCCCCCCCCCCCCCCC(=O)NN1CCN(C)CC1. The van der Waals surface area contributed by atoms with E-state index < -0.39 is 0 Å². The first-order chi connectivity index (χ1) is 13.2. The van der Waals surface area contributed by atoms with E-state index in [1.165, 1.54) is 89.9 Å². The average Bonchev–Trinajstić information content (AvgIpc) is 2.66. The number of nitrogens with one attached hydrogen (secondary N) is 1. The van der Waals surface area contributed by atoms with Crippen LogP contribution >= 0.6 is 0 Å². The number of rotatable bonds is 17. The van der Waals surface area contributed by atoms with Crippen LogP contribution in [0.4, 0.5) is 0 Å². The third-order valence-corrected chi connectivity index (χ3v) is 5.79. The molecule has 1 N–H and O–H groups in total. The quantitative estimate of drug-likeness (QED) is 0.337. The standard InChI is InChI=1S/C23H47N3O/c1-3-4-5-6-7-8-9-10-11-12-13-14-15-16-17-18-23(27)24-26-21-19-25(2)20-22-26/h3-22H2,1-2H3,(H,24,27). The number of amides is 1. The summed E-state index contributed by atoms with van der Waals surface area (Å²) in [5.74, 6) is 0.203. The van der Waals surface area contributed by atoms with Gasteiger partial charge in [-0.2, -0.15) is 0 Å². The van der Waals surface area contributed by atoms with Gasteiger partial charge >= 0.3 is 0 Å². The summed E-state index contributed by atoms with van der Waals surface area (Å²) < 4.78 is 0. The van der Waals surface area contributed by atoms with E-state index in [-0.39, 0.29) is 5.91 Å². The molecule has 0 aromatic heterocycles. The van der Waals surface area contributed by atoms with Crippen molar-refractivity contribution in [2.75, 3.05) is 33.2 Å². The highest BCUT2D eigenvalue weighted by molar-refractivity contribution is 5.75. The average molecular weight is 382 g/mol. The van der Waals surface area contributed by atoms with Gasteiger partial charge in [-0.05, 0) is 13.5 Å². The Hall–Kier alpha value is -0.610. The number of likely N-dealkylation sites (N-methyl/N-ethyl adjacent to an activating group) is 1. The van der Waals surface area contributed by atoms with Crippen LogP contribution in [0.1, 0.15) is 110 Å². The fourth-order valence-electron chi connectivity index (χ4n) is 3.81. The van der Waals surface area contributed by atoms with E-state index in [1.807, 2.05) is 0 Å². The van der Waals surface area contributed by atoms with Crippen molar-refractivity contribution < 1.29 is 4.79 Å². The minimum atomic E-state index is 0.203. The van der Waals surface area contributed by atoms with E-state index in [0.29, 0.717) is 6.42 Å². The maximum Gasteiger partial charge on any atom is 0.234 e. The molecule has 1 aliphatic rings. The summed E-state index contributed by atoms with van der Waals surface area (Å²) in [6, 6.07) is 0. The van der Waals surface area contributed by atoms with Crippen molar-refractivity contribution in [3.05, 3.63) is 0 Å². The van der Waals surface area contributed by atoms with Gasteiger partial charge in [0, 0.05) is 32.6 Å². The predicted molar refractivity (Wildman–Crippen MR) is 117 cm³/mol. The number of unbranched alkanes of at least 4 members (excludes halogenated alkanes) is 14. The molecule has 1 fully saturated rings. The Morgan fingerprint density at radius 2 is 1.07 bits per heavy atom. The van der Waals surface area contributed by atoms with Crippen LogP contribution in [0.3, 0.4) is 0 Å². The Kier molecular flexibility index (Phi) is 15.8. The van der Waals surface area contributed by atoms with Gasteiger partial charge in [-0.3, -0.25) is 10.2 Å². The lowest BCUT2D eigenvalue weighted by Crippen LogP contribution is -2.52. The molecular formula is C23H47N3O. The highest BCUT2D eigenvalue weighted by Crippen LogP contribution is 2.13. The molecule has 4 nitrogen and oxygen atoms in total. The third kappa shape index (κ3) is 15.0. The number of hydrogen-bond acceptors (Lipinski definition) is 3. The first-order valence-corrected chi connectivity index (χ1v) is 12.0. The molecule has 0 spiro atoms. The largest absolute Gasteiger partial charge is 0.304 e. The van der Waals surface area contributed by atoms with Crippen LogP contribution in [0.25, 0.3) is 0 Å². The van der Waals surface area contributed by atoms with Crippen molar-refractivity contribution in [3.63, 3.8) is 0 Å². The zero-order valence-electron chi connectivity index (χ0n) is 18.4. The highest BCUT2D eigenvalue weighted by Gasteiger charge is 2.15. The second-order valence-corrected chi connectivity index (χ2v) is 8.53. The zero-order valence-corrected chi connectivity index (χ0v) is 18.4. The molecule has 1 aliphatic heterocycles. The zero-order chi connectivity index (χ0) is 19.6. The Morgan fingerprint density at radius 1 is 0.667 bits per heavy atom. The molecule has 1 rings (SSSR count). The molecule has 0 unspecified atom stereocenters.